The number of anilines is 2. The Hall–Kier alpha value is -2.64. The molecule has 1 heterocycles. The number of carbonyl (C=O) groups excluding carboxylic acids is 1. The third kappa shape index (κ3) is 5.46. The molecule has 1 aromatic heterocycles. The summed E-state index contributed by atoms with van der Waals surface area (Å²) in [6.45, 7) is 0. The zero-order chi connectivity index (χ0) is 21.0. The van der Waals surface area contributed by atoms with E-state index < -0.39 is 10.0 Å². The number of benzene rings is 2. The van der Waals surface area contributed by atoms with Crippen molar-refractivity contribution >= 4 is 61.3 Å². The van der Waals surface area contributed by atoms with Crippen LogP contribution in [-0.4, -0.2) is 19.3 Å². The molecule has 2 aromatic carbocycles. The predicted octanol–water partition coefficient (Wildman–Crippen LogP) is 4.30. The van der Waals surface area contributed by atoms with Crippen LogP contribution in [0.1, 0.15) is 10.4 Å². The number of carbonyl (C=O) groups is 1. The first-order valence-corrected chi connectivity index (χ1v) is 11.0. The molecule has 0 atom stereocenters. The van der Waals surface area contributed by atoms with Gasteiger partial charge in [-0.15, -0.1) is 0 Å². The lowest BCUT2D eigenvalue weighted by molar-refractivity contribution is -0.115. The maximum Gasteiger partial charge on any atom is 0.263 e. The molecule has 148 valence electrons. The Morgan fingerprint density at radius 3 is 2.48 bits per heavy atom. The van der Waals surface area contributed by atoms with Gasteiger partial charge in [-0.3, -0.25) is 9.52 Å². The van der Waals surface area contributed by atoms with E-state index in [4.69, 9.17) is 28.5 Å². The number of sulfonamides is 1. The predicted molar refractivity (Wildman–Crippen MR) is 113 cm³/mol. The highest BCUT2D eigenvalue weighted by molar-refractivity contribution is 7.93. The van der Waals surface area contributed by atoms with E-state index in [1.807, 2.05) is 6.07 Å². The fourth-order valence-electron chi connectivity index (χ4n) is 2.30. The van der Waals surface area contributed by atoms with Crippen molar-refractivity contribution in [1.29, 1.82) is 5.26 Å². The highest BCUT2D eigenvalue weighted by Gasteiger charge is 2.16. The molecule has 0 saturated carbocycles. The second-order valence-corrected chi connectivity index (χ2v) is 9.27. The van der Waals surface area contributed by atoms with E-state index in [1.54, 1.807) is 18.2 Å². The molecule has 3 aromatic rings. The van der Waals surface area contributed by atoms with Gasteiger partial charge in [0.05, 0.1) is 27.6 Å². The van der Waals surface area contributed by atoms with E-state index >= 15 is 0 Å². The molecule has 0 saturated heterocycles. The van der Waals surface area contributed by atoms with Gasteiger partial charge in [-0.25, -0.2) is 13.4 Å². The topological polar surface area (TPSA) is 112 Å². The zero-order valence-corrected chi connectivity index (χ0v) is 17.7. The third-order valence-corrected chi connectivity index (χ3v) is 6.68. The average molecular weight is 467 g/mol. The first-order valence-electron chi connectivity index (χ1n) is 7.99. The Labute approximate surface area is 181 Å². The maximum absolute atomic E-state index is 12.4. The molecule has 7 nitrogen and oxygen atoms in total. The summed E-state index contributed by atoms with van der Waals surface area (Å²) in [6.07, 6.45) is 1.37. The summed E-state index contributed by atoms with van der Waals surface area (Å²) in [5, 5.41) is 12.3. The van der Waals surface area contributed by atoms with Crippen LogP contribution in [0.2, 0.25) is 10.0 Å². The summed E-state index contributed by atoms with van der Waals surface area (Å²) >= 11 is 12.7. The van der Waals surface area contributed by atoms with E-state index in [0.29, 0.717) is 26.2 Å². The van der Waals surface area contributed by atoms with Crippen molar-refractivity contribution in [3.05, 3.63) is 69.1 Å². The van der Waals surface area contributed by atoms with Gasteiger partial charge in [-0.05, 0) is 42.0 Å². The Kier molecular flexibility index (Phi) is 6.39. The molecule has 29 heavy (non-hydrogen) atoms. The van der Waals surface area contributed by atoms with Gasteiger partial charge in [-0.1, -0.05) is 40.6 Å². The van der Waals surface area contributed by atoms with Crippen LogP contribution in [0.5, 0.6) is 0 Å². The maximum atomic E-state index is 12.4. The lowest BCUT2D eigenvalue weighted by Gasteiger charge is -2.08. The van der Waals surface area contributed by atoms with Gasteiger partial charge in [-0.2, -0.15) is 5.26 Å². The van der Waals surface area contributed by atoms with Crippen LogP contribution in [0.4, 0.5) is 10.8 Å². The number of aromatic nitrogens is 1. The van der Waals surface area contributed by atoms with Gasteiger partial charge < -0.3 is 5.32 Å². The zero-order valence-electron chi connectivity index (χ0n) is 14.5. The number of rotatable bonds is 6. The highest BCUT2D eigenvalue weighted by Crippen LogP contribution is 2.24. The normalized spacial score (nSPS) is 10.9. The van der Waals surface area contributed by atoms with Gasteiger partial charge in [0.1, 0.15) is 10.9 Å². The van der Waals surface area contributed by atoms with Crippen molar-refractivity contribution in [3.63, 3.8) is 0 Å². The van der Waals surface area contributed by atoms with Gasteiger partial charge in [0.15, 0.2) is 5.13 Å². The summed E-state index contributed by atoms with van der Waals surface area (Å²) in [5.41, 5.74) is 1.13. The van der Waals surface area contributed by atoms with Crippen molar-refractivity contribution in [1.82, 2.24) is 4.98 Å². The number of hydrogen-bond acceptors (Lipinski definition) is 6. The molecule has 0 radical (unpaired) electrons. The second kappa shape index (κ2) is 8.80. The Balaban J connectivity index is 1.65. The molecule has 1 amide bonds. The summed E-state index contributed by atoms with van der Waals surface area (Å²) < 4.78 is 27.1. The lowest BCUT2D eigenvalue weighted by atomic mass is 10.1. The Morgan fingerprint density at radius 1 is 1.14 bits per heavy atom. The fraction of sp³-hybridized carbons (Fsp3) is 0.0556. The van der Waals surface area contributed by atoms with Crippen LogP contribution in [0.15, 0.2) is 53.6 Å². The van der Waals surface area contributed by atoms with Crippen LogP contribution < -0.4 is 10.0 Å². The molecule has 0 aliphatic carbocycles. The van der Waals surface area contributed by atoms with E-state index in [0.717, 1.165) is 11.3 Å². The third-order valence-electron chi connectivity index (χ3n) is 3.63. The van der Waals surface area contributed by atoms with Crippen molar-refractivity contribution in [2.24, 2.45) is 0 Å². The molecule has 0 aliphatic heterocycles. The van der Waals surface area contributed by atoms with Crippen LogP contribution in [0.25, 0.3) is 0 Å². The number of amides is 1. The number of thiazole rings is 1. The molecular weight excluding hydrogens is 455 g/mol. The standard InChI is InChI=1S/C18H12Cl2N4O3S2/c19-15-6-1-11(7-16(15)20)8-17(25)23-12-2-4-14(5-3-12)29(26,27)24-18-22-10-13(9-21)28-18/h1-7,10H,8H2,(H,22,24)(H,23,25). The summed E-state index contributed by atoms with van der Waals surface area (Å²) in [6, 6.07) is 12.5. The number of nitriles is 1. The number of hydrogen-bond donors (Lipinski definition) is 2. The average Bonchev–Trinajstić information content (AvgIpc) is 3.12. The van der Waals surface area contributed by atoms with Crippen LogP contribution >= 0.6 is 34.5 Å². The molecule has 3 rings (SSSR count). The quantitative estimate of drug-likeness (QED) is 0.561. The monoisotopic (exact) mass is 466 g/mol. The highest BCUT2D eigenvalue weighted by atomic mass is 35.5. The van der Waals surface area contributed by atoms with Crippen molar-refractivity contribution in [3.8, 4) is 6.07 Å². The van der Waals surface area contributed by atoms with Crippen molar-refractivity contribution in [2.75, 3.05) is 10.0 Å². The van der Waals surface area contributed by atoms with Gasteiger partial charge in [0.25, 0.3) is 10.0 Å². The summed E-state index contributed by atoms with van der Waals surface area (Å²) in [4.78, 5) is 16.3. The molecular formula is C18H12Cl2N4O3S2. The molecule has 0 spiro atoms. The second-order valence-electron chi connectivity index (χ2n) is 5.74. The van der Waals surface area contributed by atoms with Gasteiger partial charge in [0, 0.05) is 5.69 Å². The fourth-order valence-corrected chi connectivity index (χ4v) is 4.48. The van der Waals surface area contributed by atoms with E-state index in [2.05, 4.69) is 15.0 Å². The minimum Gasteiger partial charge on any atom is -0.326 e. The molecule has 2 N–H and O–H groups in total. The molecule has 0 bridgehead atoms. The van der Waals surface area contributed by atoms with Gasteiger partial charge in [0.2, 0.25) is 5.91 Å². The number of nitrogens with one attached hydrogen (secondary N) is 2. The van der Waals surface area contributed by atoms with Gasteiger partial charge >= 0.3 is 0 Å². The minimum absolute atomic E-state index is 0.00584. The Bertz CT molecular complexity index is 1200. The molecule has 0 fully saturated rings. The van der Waals surface area contributed by atoms with E-state index in [1.165, 1.54) is 30.5 Å². The summed E-state index contributed by atoms with van der Waals surface area (Å²) in [7, 11) is -3.86. The largest absolute Gasteiger partial charge is 0.326 e. The van der Waals surface area contributed by atoms with Crippen molar-refractivity contribution < 1.29 is 13.2 Å². The van der Waals surface area contributed by atoms with Crippen LogP contribution in [0, 0.1) is 11.3 Å². The molecule has 0 unspecified atom stereocenters. The SMILES string of the molecule is N#Cc1cnc(NS(=O)(=O)c2ccc(NC(=O)Cc3ccc(Cl)c(Cl)c3)cc2)s1. The first-order chi connectivity index (χ1) is 13.8. The number of halogens is 2. The minimum atomic E-state index is -3.86. The van der Waals surface area contributed by atoms with Crippen LogP contribution in [-0.2, 0) is 21.2 Å². The Morgan fingerprint density at radius 2 is 1.86 bits per heavy atom. The van der Waals surface area contributed by atoms with Crippen LogP contribution in [0.3, 0.4) is 0 Å². The smallest absolute Gasteiger partial charge is 0.263 e. The van der Waals surface area contributed by atoms with E-state index in [9.17, 15) is 13.2 Å². The first kappa shape index (κ1) is 21.1. The van der Waals surface area contributed by atoms with E-state index in [-0.39, 0.29) is 22.4 Å². The number of nitrogens with zero attached hydrogens (tertiary/aromatic N) is 2. The lowest BCUT2D eigenvalue weighted by Crippen LogP contribution is -2.15. The summed E-state index contributed by atoms with van der Waals surface area (Å²) in [5.74, 6) is -0.288. The molecule has 11 heteroatoms. The van der Waals surface area contributed by atoms with Crippen molar-refractivity contribution in [2.45, 2.75) is 11.3 Å². The molecule has 0 aliphatic rings.